The monoisotopic (exact) mass is 581 g/mol. The van der Waals surface area contributed by atoms with Crippen LogP contribution in [0.15, 0.2) is 64.8 Å². The molecule has 40 heavy (non-hydrogen) atoms. The van der Waals surface area contributed by atoms with E-state index in [1.165, 1.54) is 18.3 Å². The number of sulfone groups is 1. The first-order valence-electron chi connectivity index (χ1n) is 12.3. The SMILES string of the molecule is Cc1cnc(-c2cccc(S(C)(=O)=O)c2F)c(F)c1-n1c(C)cc([C@H]2C[C@@H]2c2cccn3cnnc23)c(Cl)c1=O. The molecule has 0 bridgehead atoms. The highest BCUT2D eigenvalue weighted by Gasteiger charge is 2.43. The summed E-state index contributed by atoms with van der Waals surface area (Å²) in [7, 11) is -3.91. The Kier molecular flexibility index (Phi) is 6.11. The number of aromatic nitrogens is 5. The minimum absolute atomic E-state index is 0.0248. The van der Waals surface area contributed by atoms with Gasteiger partial charge in [-0.25, -0.2) is 17.2 Å². The summed E-state index contributed by atoms with van der Waals surface area (Å²) in [6, 6.07) is 9.30. The molecule has 4 heterocycles. The maximum atomic E-state index is 16.1. The largest absolute Gasteiger partial charge is 0.289 e. The maximum absolute atomic E-state index is 16.1. The van der Waals surface area contributed by atoms with E-state index in [2.05, 4.69) is 15.2 Å². The predicted molar refractivity (Wildman–Crippen MR) is 146 cm³/mol. The molecule has 1 aliphatic rings. The Hall–Kier alpha value is -3.96. The van der Waals surface area contributed by atoms with Crippen LogP contribution in [0.25, 0.3) is 22.6 Å². The van der Waals surface area contributed by atoms with E-state index >= 15 is 8.78 Å². The lowest BCUT2D eigenvalue weighted by Gasteiger charge is -2.18. The number of hydrogen-bond donors (Lipinski definition) is 0. The Morgan fingerprint density at radius 2 is 1.80 bits per heavy atom. The fourth-order valence-electron chi connectivity index (χ4n) is 5.33. The third-order valence-electron chi connectivity index (χ3n) is 7.32. The molecule has 0 radical (unpaired) electrons. The predicted octanol–water partition coefficient (Wildman–Crippen LogP) is 5.17. The van der Waals surface area contributed by atoms with Gasteiger partial charge in [-0.3, -0.25) is 18.7 Å². The van der Waals surface area contributed by atoms with Gasteiger partial charge in [0.05, 0.1) is 5.69 Å². The molecule has 0 saturated heterocycles. The molecule has 0 aliphatic heterocycles. The van der Waals surface area contributed by atoms with E-state index in [-0.39, 0.29) is 28.1 Å². The van der Waals surface area contributed by atoms with Crippen molar-refractivity contribution < 1.29 is 17.2 Å². The first kappa shape index (κ1) is 26.3. The first-order valence-corrected chi connectivity index (χ1v) is 14.6. The second-order valence-corrected chi connectivity index (χ2v) is 12.4. The average Bonchev–Trinajstić information content (AvgIpc) is 3.54. The van der Waals surface area contributed by atoms with Crippen LogP contribution in [0.1, 0.15) is 40.6 Å². The van der Waals surface area contributed by atoms with E-state index in [0.717, 1.165) is 34.5 Å². The second-order valence-electron chi connectivity index (χ2n) is 10.0. The van der Waals surface area contributed by atoms with Crippen molar-refractivity contribution in [2.45, 2.75) is 37.0 Å². The zero-order valence-electron chi connectivity index (χ0n) is 21.6. The summed E-state index contributed by atoms with van der Waals surface area (Å²) in [5, 5.41) is 8.14. The Balaban J connectivity index is 1.45. The van der Waals surface area contributed by atoms with Crippen molar-refractivity contribution in [3.8, 4) is 16.9 Å². The lowest BCUT2D eigenvalue weighted by atomic mass is 10.0. The Morgan fingerprint density at radius 1 is 1.05 bits per heavy atom. The molecule has 204 valence electrons. The van der Waals surface area contributed by atoms with Crippen LogP contribution in [0.4, 0.5) is 8.78 Å². The summed E-state index contributed by atoms with van der Waals surface area (Å²) in [4.78, 5) is 17.1. The van der Waals surface area contributed by atoms with Crippen LogP contribution in [0.5, 0.6) is 0 Å². The molecule has 0 spiro atoms. The van der Waals surface area contributed by atoms with Gasteiger partial charge in [-0.1, -0.05) is 23.7 Å². The molecular weight excluding hydrogens is 560 g/mol. The molecule has 1 aromatic carbocycles. The summed E-state index contributed by atoms with van der Waals surface area (Å²) in [5.41, 5.74) is 1.65. The van der Waals surface area contributed by atoms with Crippen molar-refractivity contribution in [3.05, 3.63) is 105 Å². The van der Waals surface area contributed by atoms with E-state index in [1.54, 1.807) is 26.2 Å². The van der Waals surface area contributed by atoms with Gasteiger partial charge < -0.3 is 0 Å². The molecule has 12 heteroatoms. The molecule has 8 nitrogen and oxygen atoms in total. The van der Waals surface area contributed by atoms with Crippen LogP contribution in [0.3, 0.4) is 0 Å². The summed E-state index contributed by atoms with van der Waals surface area (Å²) >= 11 is 6.63. The van der Waals surface area contributed by atoms with E-state index in [1.807, 2.05) is 22.7 Å². The lowest BCUT2D eigenvalue weighted by molar-refractivity contribution is 0.569. The van der Waals surface area contributed by atoms with E-state index in [9.17, 15) is 13.2 Å². The van der Waals surface area contributed by atoms with Gasteiger partial charge in [-0.2, -0.15) is 0 Å². The number of hydrogen-bond acceptors (Lipinski definition) is 6. The van der Waals surface area contributed by atoms with Crippen molar-refractivity contribution in [2.75, 3.05) is 6.26 Å². The van der Waals surface area contributed by atoms with Crippen molar-refractivity contribution in [3.63, 3.8) is 0 Å². The van der Waals surface area contributed by atoms with Gasteiger partial charge in [0, 0.05) is 35.5 Å². The number of fused-ring (bicyclic) bond motifs is 1. The molecule has 4 aromatic heterocycles. The van der Waals surface area contributed by atoms with Crippen molar-refractivity contribution >= 4 is 27.1 Å². The fourth-order valence-corrected chi connectivity index (χ4v) is 6.37. The zero-order chi connectivity index (χ0) is 28.5. The smallest absolute Gasteiger partial charge is 0.274 e. The number of halogens is 3. The third-order valence-corrected chi connectivity index (χ3v) is 8.82. The second kappa shape index (κ2) is 9.31. The fraction of sp³-hybridized carbons (Fsp3) is 0.214. The molecular formula is C28H22ClF2N5O3S. The Morgan fingerprint density at radius 3 is 2.55 bits per heavy atom. The molecule has 2 atom stereocenters. The van der Waals surface area contributed by atoms with Gasteiger partial charge in [-0.05, 0) is 67.5 Å². The third kappa shape index (κ3) is 4.11. The Bertz CT molecular complexity index is 2020. The highest BCUT2D eigenvalue weighted by molar-refractivity contribution is 7.90. The average molecular weight is 582 g/mol. The maximum Gasteiger partial charge on any atom is 0.274 e. The molecule has 1 saturated carbocycles. The normalized spacial score (nSPS) is 16.9. The number of aryl methyl sites for hydroxylation is 2. The summed E-state index contributed by atoms with van der Waals surface area (Å²) in [5.74, 6) is -2.02. The summed E-state index contributed by atoms with van der Waals surface area (Å²) < 4.78 is 58.3. The first-order chi connectivity index (χ1) is 19.0. The molecule has 0 amide bonds. The van der Waals surface area contributed by atoms with Gasteiger partial charge in [-0.15, -0.1) is 10.2 Å². The molecule has 0 unspecified atom stereocenters. The molecule has 1 aliphatic carbocycles. The van der Waals surface area contributed by atoms with Crippen LogP contribution < -0.4 is 5.56 Å². The van der Waals surface area contributed by atoms with Crippen LogP contribution in [0, 0.1) is 25.5 Å². The van der Waals surface area contributed by atoms with Gasteiger partial charge in [0.2, 0.25) is 0 Å². The highest BCUT2D eigenvalue weighted by Crippen LogP contribution is 2.56. The Labute approximate surface area is 232 Å². The quantitative estimate of drug-likeness (QED) is 0.284. The lowest BCUT2D eigenvalue weighted by Crippen LogP contribution is -2.24. The minimum atomic E-state index is -3.91. The van der Waals surface area contributed by atoms with Crippen molar-refractivity contribution in [1.82, 2.24) is 24.1 Å². The molecule has 0 N–H and O–H groups in total. The number of pyridine rings is 3. The standard InChI is InChI=1S/C28H22ClF2N5O3S/c1-14-12-32-25(17-6-4-8-21(23(17)30)40(3,38)39)24(31)26(14)36-15(2)10-20(22(29)28(36)37)19-11-18(19)16-7-5-9-35-13-33-34-27(16)35/h4-10,12-13,18-19H,11H2,1-3H3/t18-,19+/m1/s1. The van der Waals surface area contributed by atoms with Gasteiger partial charge in [0.25, 0.3) is 5.56 Å². The molecule has 5 aromatic rings. The summed E-state index contributed by atoms with van der Waals surface area (Å²) in [6.07, 6.45) is 6.42. The van der Waals surface area contributed by atoms with E-state index in [0.29, 0.717) is 16.8 Å². The summed E-state index contributed by atoms with van der Waals surface area (Å²) in [6.45, 7) is 3.24. The molecule has 6 rings (SSSR count). The van der Waals surface area contributed by atoms with E-state index in [4.69, 9.17) is 11.6 Å². The van der Waals surface area contributed by atoms with Gasteiger partial charge >= 0.3 is 0 Å². The molecule has 1 fully saturated rings. The van der Waals surface area contributed by atoms with Crippen LogP contribution in [-0.4, -0.2) is 38.8 Å². The topological polar surface area (TPSA) is 99.2 Å². The number of benzene rings is 1. The van der Waals surface area contributed by atoms with Crippen LogP contribution in [-0.2, 0) is 9.84 Å². The van der Waals surface area contributed by atoms with Crippen molar-refractivity contribution in [1.29, 1.82) is 0 Å². The number of nitrogens with zero attached hydrogens (tertiary/aromatic N) is 5. The van der Waals surface area contributed by atoms with Crippen molar-refractivity contribution in [2.24, 2.45) is 0 Å². The van der Waals surface area contributed by atoms with Crippen LogP contribution in [0.2, 0.25) is 5.02 Å². The van der Waals surface area contributed by atoms with E-state index < -0.39 is 37.6 Å². The van der Waals surface area contributed by atoms with Gasteiger partial charge in [0.15, 0.2) is 27.1 Å². The number of rotatable bonds is 5. The van der Waals surface area contributed by atoms with Crippen LogP contribution >= 0.6 is 11.6 Å². The van der Waals surface area contributed by atoms with Gasteiger partial charge in [0.1, 0.15) is 21.9 Å². The zero-order valence-corrected chi connectivity index (χ0v) is 23.1. The highest BCUT2D eigenvalue weighted by atomic mass is 35.5. The minimum Gasteiger partial charge on any atom is -0.289 e.